The van der Waals surface area contributed by atoms with Crippen molar-refractivity contribution in [3.05, 3.63) is 18.0 Å². The van der Waals surface area contributed by atoms with Gasteiger partial charge in [0.15, 0.2) is 0 Å². The van der Waals surface area contributed by atoms with E-state index in [1.54, 1.807) is 16.9 Å². The lowest BCUT2D eigenvalue weighted by Crippen LogP contribution is -2.12. The predicted octanol–water partition coefficient (Wildman–Crippen LogP) is 1.49. The molecule has 4 nitrogen and oxygen atoms in total. The summed E-state index contributed by atoms with van der Waals surface area (Å²) in [7, 11) is 0. The maximum atomic E-state index is 9.62. The molecule has 1 aromatic rings. The molecule has 0 amide bonds. The Hall–Kier alpha value is -1.34. The molecule has 0 saturated carbocycles. The molecular weight excluding hydrogens is 178 g/mol. The van der Waals surface area contributed by atoms with E-state index in [0.717, 1.165) is 12.2 Å². The van der Waals surface area contributed by atoms with Gasteiger partial charge >= 0.3 is 0 Å². The van der Waals surface area contributed by atoms with Crippen molar-refractivity contribution < 1.29 is 5.11 Å². The van der Waals surface area contributed by atoms with E-state index in [1.165, 1.54) is 0 Å². The van der Waals surface area contributed by atoms with Crippen molar-refractivity contribution in [3.8, 4) is 6.07 Å². The number of aromatic nitrogens is 2. The van der Waals surface area contributed by atoms with Crippen molar-refractivity contribution in [2.45, 2.75) is 32.9 Å². The molecule has 0 aromatic carbocycles. The van der Waals surface area contributed by atoms with Crippen molar-refractivity contribution in [1.82, 2.24) is 9.78 Å². The van der Waals surface area contributed by atoms with E-state index in [2.05, 4.69) is 18.9 Å². The molecule has 1 N–H and O–H groups in total. The fourth-order valence-corrected chi connectivity index (χ4v) is 1.32. The molecule has 0 spiro atoms. The van der Waals surface area contributed by atoms with Crippen molar-refractivity contribution in [1.29, 1.82) is 5.26 Å². The SMILES string of the molecule is CC(C)Cn1nccc1C(O)CC#N. The summed E-state index contributed by atoms with van der Waals surface area (Å²) in [4.78, 5) is 0. The number of rotatable bonds is 4. The number of aliphatic hydroxyl groups is 1. The number of nitriles is 1. The molecule has 4 heteroatoms. The van der Waals surface area contributed by atoms with Crippen LogP contribution in [0.4, 0.5) is 0 Å². The molecule has 0 bridgehead atoms. The van der Waals surface area contributed by atoms with E-state index in [1.807, 2.05) is 6.07 Å². The Morgan fingerprint density at radius 3 is 2.93 bits per heavy atom. The van der Waals surface area contributed by atoms with E-state index in [4.69, 9.17) is 5.26 Å². The average Bonchev–Trinajstić information content (AvgIpc) is 2.51. The molecular formula is C10H15N3O. The Kier molecular flexibility index (Phi) is 3.66. The van der Waals surface area contributed by atoms with Crippen molar-refractivity contribution >= 4 is 0 Å². The number of hydrogen-bond acceptors (Lipinski definition) is 3. The van der Waals surface area contributed by atoms with E-state index in [9.17, 15) is 5.11 Å². The molecule has 0 saturated heterocycles. The highest BCUT2D eigenvalue weighted by molar-refractivity contribution is 5.06. The van der Waals surface area contributed by atoms with Crippen molar-refractivity contribution in [3.63, 3.8) is 0 Å². The quantitative estimate of drug-likeness (QED) is 0.788. The van der Waals surface area contributed by atoms with Gasteiger partial charge < -0.3 is 5.11 Å². The van der Waals surface area contributed by atoms with E-state index >= 15 is 0 Å². The minimum atomic E-state index is -0.721. The summed E-state index contributed by atoms with van der Waals surface area (Å²) in [5, 5.41) is 22.2. The maximum Gasteiger partial charge on any atom is 0.109 e. The smallest absolute Gasteiger partial charge is 0.109 e. The van der Waals surface area contributed by atoms with Gasteiger partial charge in [-0.15, -0.1) is 0 Å². The molecule has 0 aliphatic rings. The number of hydrogen-bond donors (Lipinski definition) is 1. The summed E-state index contributed by atoms with van der Waals surface area (Å²) in [6.45, 7) is 4.94. The predicted molar refractivity (Wildman–Crippen MR) is 52.3 cm³/mol. The summed E-state index contributed by atoms with van der Waals surface area (Å²) in [6.07, 6.45) is 1.04. The minimum absolute atomic E-state index is 0.115. The summed E-state index contributed by atoms with van der Waals surface area (Å²) in [5.41, 5.74) is 0.722. The van der Waals surface area contributed by atoms with Crippen LogP contribution in [0.1, 0.15) is 32.1 Å². The maximum absolute atomic E-state index is 9.62. The first-order valence-electron chi connectivity index (χ1n) is 4.72. The van der Waals surface area contributed by atoms with Crippen LogP contribution in [-0.2, 0) is 6.54 Å². The highest BCUT2D eigenvalue weighted by atomic mass is 16.3. The van der Waals surface area contributed by atoms with Gasteiger partial charge in [-0.1, -0.05) is 13.8 Å². The molecule has 76 valence electrons. The van der Waals surface area contributed by atoms with Crippen LogP contribution in [0.15, 0.2) is 12.3 Å². The van der Waals surface area contributed by atoms with Gasteiger partial charge in [-0.3, -0.25) is 4.68 Å². The molecule has 1 aromatic heterocycles. The van der Waals surface area contributed by atoms with Crippen LogP contribution in [-0.4, -0.2) is 14.9 Å². The summed E-state index contributed by atoms with van der Waals surface area (Å²) >= 11 is 0. The highest BCUT2D eigenvalue weighted by Gasteiger charge is 2.12. The van der Waals surface area contributed by atoms with Gasteiger partial charge in [0.1, 0.15) is 6.10 Å². The molecule has 0 aliphatic carbocycles. The zero-order chi connectivity index (χ0) is 10.6. The van der Waals surface area contributed by atoms with Gasteiger partial charge in [-0.05, 0) is 12.0 Å². The topological polar surface area (TPSA) is 61.8 Å². The first kappa shape index (κ1) is 10.7. The molecule has 0 aliphatic heterocycles. The summed E-state index contributed by atoms with van der Waals surface area (Å²) in [5.74, 6) is 0.475. The third-order valence-electron chi connectivity index (χ3n) is 1.91. The first-order chi connectivity index (χ1) is 6.65. The third kappa shape index (κ3) is 2.57. The lowest BCUT2D eigenvalue weighted by Gasteiger charge is -2.12. The van der Waals surface area contributed by atoms with Crippen LogP contribution in [0, 0.1) is 17.2 Å². The van der Waals surface area contributed by atoms with Crippen LogP contribution >= 0.6 is 0 Å². The number of aliphatic hydroxyl groups excluding tert-OH is 1. The van der Waals surface area contributed by atoms with Crippen molar-refractivity contribution in [2.75, 3.05) is 0 Å². The number of nitrogens with zero attached hydrogens (tertiary/aromatic N) is 3. The van der Waals surface area contributed by atoms with Crippen LogP contribution in [0.25, 0.3) is 0 Å². The van der Waals surface area contributed by atoms with Gasteiger partial charge in [0.2, 0.25) is 0 Å². The minimum Gasteiger partial charge on any atom is -0.386 e. The molecule has 1 unspecified atom stereocenters. The zero-order valence-electron chi connectivity index (χ0n) is 8.51. The lowest BCUT2D eigenvalue weighted by molar-refractivity contribution is 0.170. The Bertz CT molecular complexity index is 324. The second kappa shape index (κ2) is 4.77. The normalized spacial score (nSPS) is 12.8. The van der Waals surface area contributed by atoms with Crippen molar-refractivity contribution in [2.24, 2.45) is 5.92 Å². The third-order valence-corrected chi connectivity index (χ3v) is 1.91. The Balaban J connectivity index is 2.77. The molecule has 0 fully saturated rings. The van der Waals surface area contributed by atoms with E-state index in [0.29, 0.717) is 5.92 Å². The summed E-state index contributed by atoms with van der Waals surface area (Å²) in [6, 6.07) is 3.70. The summed E-state index contributed by atoms with van der Waals surface area (Å²) < 4.78 is 1.76. The largest absolute Gasteiger partial charge is 0.386 e. The molecule has 0 radical (unpaired) electrons. The van der Waals surface area contributed by atoms with Crippen LogP contribution in [0.2, 0.25) is 0 Å². The standard InChI is InChI=1S/C10H15N3O/c1-8(2)7-13-9(4-6-12-13)10(14)3-5-11/h4,6,8,10,14H,3,7H2,1-2H3. The Morgan fingerprint density at radius 2 is 2.36 bits per heavy atom. The fourth-order valence-electron chi connectivity index (χ4n) is 1.32. The van der Waals surface area contributed by atoms with Crippen LogP contribution in [0.3, 0.4) is 0 Å². The Morgan fingerprint density at radius 1 is 1.64 bits per heavy atom. The van der Waals surface area contributed by atoms with Gasteiger partial charge in [0, 0.05) is 12.7 Å². The lowest BCUT2D eigenvalue weighted by atomic mass is 10.2. The van der Waals surface area contributed by atoms with Gasteiger partial charge in [0.05, 0.1) is 18.2 Å². The molecule has 14 heavy (non-hydrogen) atoms. The fraction of sp³-hybridized carbons (Fsp3) is 0.600. The first-order valence-corrected chi connectivity index (χ1v) is 4.72. The zero-order valence-corrected chi connectivity index (χ0v) is 8.51. The Labute approximate surface area is 83.8 Å². The van der Waals surface area contributed by atoms with Gasteiger partial charge in [-0.2, -0.15) is 10.4 Å². The van der Waals surface area contributed by atoms with Crippen LogP contribution < -0.4 is 0 Å². The monoisotopic (exact) mass is 193 g/mol. The second-order valence-corrected chi connectivity index (χ2v) is 3.71. The van der Waals surface area contributed by atoms with E-state index < -0.39 is 6.10 Å². The molecule has 1 rings (SSSR count). The van der Waals surface area contributed by atoms with Gasteiger partial charge in [0.25, 0.3) is 0 Å². The average molecular weight is 193 g/mol. The van der Waals surface area contributed by atoms with E-state index in [-0.39, 0.29) is 6.42 Å². The molecule has 1 atom stereocenters. The van der Waals surface area contributed by atoms with Crippen LogP contribution in [0.5, 0.6) is 0 Å². The highest BCUT2D eigenvalue weighted by Crippen LogP contribution is 2.16. The second-order valence-electron chi connectivity index (χ2n) is 3.71. The molecule has 1 heterocycles. The van der Waals surface area contributed by atoms with Gasteiger partial charge in [-0.25, -0.2) is 0 Å².